The van der Waals surface area contributed by atoms with Gasteiger partial charge in [-0.15, -0.1) is 13.2 Å². The fourth-order valence-electron chi connectivity index (χ4n) is 1.72. The molecule has 0 saturated carbocycles. The molecular weight excluding hydrogens is 486 g/mol. The Hall–Kier alpha value is -1.33. The number of benzene rings is 2. The molecule has 2 rings (SSSR count). The standard InChI is InChI=1S/C13H7Br2F4NO3S/c14-10-5-7(16)6-11(15)12(10)24(21,22)20-8-1-3-9(4-2-8)23-13(17,18)19/h1-6,20H. The van der Waals surface area contributed by atoms with Gasteiger partial charge in [0.15, 0.2) is 0 Å². The maximum absolute atomic E-state index is 13.2. The van der Waals surface area contributed by atoms with Crippen LogP contribution >= 0.6 is 31.9 Å². The van der Waals surface area contributed by atoms with Crippen LogP contribution < -0.4 is 9.46 Å². The Kier molecular flexibility index (Phi) is 5.45. The Bertz CT molecular complexity index is 832. The van der Waals surface area contributed by atoms with Crippen LogP contribution in [0.15, 0.2) is 50.2 Å². The van der Waals surface area contributed by atoms with Gasteiger partial charge in [-0.2, -0.15) is 0 Å². The van der Waals surface area contributed by atoms with Crippen LogP contribution in [-0.4, -0.2) is 14.8 Å². The fourth-order valence-corrected chi connectivity index (χ4v) is 5.31. The Balaban J connectivity index is 2.27. The molecule has 11 heteroatoms. The smallest absolute Gasteiger partial charge is 0.406 e. The zero-order valence-corrected chi connectivity index (χ0v) is 15.4. The van der Waals surface area contributed by atoms with Gasteiger partial charge in [0.05, 0.1) is 0 Å². The van der Waals surface area contributed by atoms with E-state index < -0.39 is 28.0 Å². The van der Waals surface area contributed by atoms with Crippen molar-refractivity contribution < 1.29 is 30.7 Å². The number of ether oxygens (including phenoxy) is 1. The lowest BCUT2D eigenvalue weighted by Gasteiger charge is -2.13. The first-order valence-corrected chi connectivity index (χ1v) is 9.08. The highest BCUT2D eigenvalue weighted by atomic mass is 79.9. The molecule has 0 atom stereocenters. The molecular formula is C13H7Br2F4NO3S. The third kappa shape index (κ3) is 4.84. The third-order valence-electron chi connectivity index (χ3n) is 2.57. The summed E-state index contributed by atoms with van der Waals surface area (Å²) in [5.41, 5.74) is 0.00708. The van der Waals surface area contributed by atoms with E-state index in [1.54, 1.807) is 0 Å². The Labute approximate surface area is 151 Å². The number of halogens is 6. The average molecular weight is 493 g/mol. The van der Waals surface area contributed by atoms with Crippen LogP contribution in [0.25, 0.3) is 0 Å². The van der Waals surface area contributed by atoms with Gasteiger partial charge in [0.25, 0.3) is 10.0 Å². The summed E-state index contributed by atoms with van der Waals surface area (Å²) in [5.74, 6) is -1.14. The maximum atomic E-state index is 13.2. The van der Waals surface area contributed by atoms with Gasteiger partial charge >= 0.3 is 6.36 Å². The van der Waals surface area contributed by atoms with Gasteiger partial charge in [0.2, 0.25) is 0 Å². The molecule has 0 radical (unpaired) electrons. The SMILES string of the molecule is O=S(=O)(Nc1ccc(OC(F)(F)F)cc1)c1c(Br)cc(F)cc1Br. The molecule has 2 aromatic rings. The van der Waals surface area contributed by atoms with Gasteiger partial charge in [-0.05, 0) is 68.3 Å². The molecule has 130 valence electrons. The van der Waals surface area contributed by atoms with Crippen LogP contribution in [0.1, 0.15) is 0 Å². The van der Waals surface area contributed by atoms with Gasteiger partial charge in [-0.25, -0.2) is 12.8 Å². The summed E-state index contributed by atoms with van der Waals surface area (Å²) < 4.78 is 80.0. The zero-order chi connectivity index (χ0) is 18.1. The second-order valence-electron chi connectivity index (χ2n) is 4.38. The summed E-state index contributed by atoms with van der Waals surface area (Å²) in [7, 11) is -4.11. The van der Waals surface area contributed by atoms with E-state index in [2.05, 4.69) is 41.3 Å². The van der Waals surface area contributed by atoms with Crippen LogP contribution in [-0.2, 0) is 10.0 Å². The fraction of sp³-hybridized carbons (Fsp3) is 0.0769. The van der Waals surface area contributed by atoms with Gasteiger partial charge in [-0.3, -0.25) is 4.72 Å². The molecule has 0 aliphatic heterocycles. The van der Waals surface area contributed by atoms with Crippen molar-refractivity contribution in [3.8, 4) is 5.75 Å². The molecule has 4 nitrogen and oxygen atoms in total. The highest BCUT2D eigenvalue weighted by Crippen LogP contribution is 2.32. The lowest BCUT2D eigenvalue weighted by Crippen LogP contribution is -2.17. The average Bonchev–Trinajstić information content (AvgIpc) is 2.37. The second-order valence-corrected chi connectivity index (χ2v) is 7.70. The van der Waals surface area contributed by atoms with Gasteiger partial charge in [0, 0.05) is 14.6 Å². The molecule has 0 fully saturated rings. The summed E-state index contributed by atoms with van der Waals surface area (Å²) in [4.78, 5) is -0.250. The van der Waals surface area contributed by atoms with E-state index in [1.807, 2.05) is 0 Å². The van der Waals surface area contributed by atoms with Crippen molar-refractivity contribution in [1.82, 2.24) is 0 Å². The summed E-state index contributed by atoms with van der Waals surface area (Å²) >= 11 is 5.92. The number of hydrogen-bond donors (Lipinski definition) is 1. The minimum Gasteiger partial charge on any atom is -0.406 e. The number of nitrogens with one attached hydrogen (secondary N) is 1. The monoisotopic (exact) mass is 491 g/mol. The summed E-state index contributed by atoms with van der Waals surface area (Å²) in [5, 5.41) is 0. The molecule has 0 amide bonds. The lowest BCUT2D eigenvalue weighted by atomic mass is 10.3. The quantitative estimate of drug-likeness (QED) is 0.607. The topological polar surface area (TPSA) is 55.4 Å². The molecule has 0 saturated heterocycles. The number of anilines is 1. The largest absolute Gasteiger partial charge is 0.573 e. The van der Waals surface area contributed by atoms with Gasteiger partial charge in [0.1, 0.15) is 16.5 Å². The molecule has 0 aromatic heterocycles. The summed E-state index contributed by atoms with van der Waals surface area (Å²) in [6, 6.07) is 6.06. The molecule has 0 aliphatic carbocycles. The van der Waals surface area contributed by atoms with E-state index in [0.29, 0.717) is 0 Å². The van der Waals surface area contributed by atoms with Crippen molar-refractivity contribution in [3.05, 3.63) is 51.2 Å². The predicted molar refractivity (Wildman–Crippen MR) is 85.7 cm³/mol. The Morgan fingerprint density at radius 1 is 1.00 bits per heavy atom. The number of sulfonamides is 1. The first kappa shape index (κ1) is 19.0. The highest BCUT2D eigenvalue weighted by molar-refractivity contribution is 9.11. The normalized spacial score (nSPS) is 12.1. The first-order valence-electron chi connectivity index (χ1n) is 6.01. The van der Waals surface area contributed by atoms with E-state index in [4.69, 9.17) is 0 Å². The molecule has 2 aromatic carbocycles. The predicted octanol–water partition coefficient (Wildman–Crippen LogP) is 5.05. The van der Waals surface area contributed by atoms with Crippen LogP contribution in [0.3, 0.4) is 0 Å². The molecule has 0 spiro atoms. The van der Waals surface area contributed by atoms with Crippen molar-refractivity contribution in [2.75, 3.05) is 4.72 Å². The number of alkyl halides is 3. The van der Waals surface area contributed by atoms with Crippen molar-refractivity contribution in [2.24, 2.45) is 0 Å². The summed E-state index contributed by atoms with van der Waals surface area (Å²) in [6.45, 7) is 0. The molecule has 1 N–H and O–H groups in total. The third-order valence-corrected chi connectivity index (χ3v) is 5.83. The van der Waals surface area contributed by atoms with Crippen molar-refractivity contribution in [3.63, 3.8) is 0 Å². The van der Waals surface area contributed by atoms with E-state index in [0.717, 1.165) is 36.4 Å². The molecule has 0 heterocycles. The molecule has 0 bridgehead atoms. The Morgan fingerprint density at radius 3 is 1.96 bits per heavy atom. The van der Waals surface area contributed by atoms with Crippen LogP contribution in [0.5, 0.6) is 5.75 Å². The van der Waals surface area contributed by atoms with Gasteiger partial charge in [-0.1, -0.05) is 0 Å². The summed E-state index contributed by atoms with van der Waals surface area (Å²) in [6.07, 6.45) is -4.84. The van der Waals surface area contributed by atoms with Crippen molar-refractivity contribution in [2.45, 2.75) is 11.3 Å². The van der Waals surface area contributed by atoms with E-state index >= 15 is 0 Å². The van der Waals surface area contributed by atoms with E-state index in [1.165, 1.54) is 0 Å². The Morgan fingerprint density at radius 2 is 1.50 bits per heavy atom. The minimum atomic E-state index is -4.84. The van der Waals surface area contributed by atoms with E-state index in [9.17, 15) is 26.0 Å². The zero-order valence-electron chi connectivity index (χ0n) is 11.4. The molecule has 0 unspecified atom stereocenters. The van der Waals surface area contributed by atoms with Crippen LogP contribution in [0.2, 0.25) is 0 Å². The molecule has 24 heavy (non-hydrogen) atoms. The highest BCUT2D eigenvalue weighted by Gasteiger charge is 2.31. The van der Waals surface area contributed by atoms with Crippen LogP contribution in [0.4, 0.5) is 23.2 Å². The first-order chi connectivity index (χ1) is 11.0. The van der Waals surface area contributed by atoms with E-state index in [-0.39, 0.29) is 19.5 Å². The number of hydrogen-bond acceptors (Lipinski definition) is 3. The van der Waals surface area contributed by atoms with Gasteiger partial charge < -0.3 is 4.74 Å². The second kappa shape index (κ2) is 6.89. The molecule has 0 aliphatic rings. The lowest BCUT2D eigenvalue weighted by molar-refractivity contribution is -0.274. The number of rotatable bonds is 4. The minimum absolute atomic E-state index is 0.00708. The van der Waals surface area contributed by atoms with Crippen LogP contribution in [0, 0.1) is 5.82 Å². The maximum Gasteiger partial charge on any atom is 0.573 e. The van der Waals surface area contributed by atoms with Crippen molar-refractivity contribution >= 4 is 47.6 Å². The van der Waals surface area contributed by atoms with Crippen molar-refractivity contribution in [1.29, 1.82) is 0 Å².